The van der Waals surface area contributed by atoms with E-state index in [0.717, 1.165) is 26.9 Å². The van der Waals surface area contributed by atoms with Gasteiger partial charge in [0.1, 0.15) is 11.5 Å². The Hall–Kier alpha value is -0.800. The highest BCUT2D eigenvalue weighted by atomic mass is 79.9. The zero-order valence-electron chi connectivity index (χ0n) is 11.9. The fourth-order valence-corrected chi connectivity index (χ4v) is 2.69. The summed E-state index contributed by atoms with van der Waals surface area (Å²) in [6.07, 6.45) is 0. The Bertz CT molecular complexity index is 583. The quantitative estimate of drug-likeness (QED) is 0.542. The smallest absolute Gasteiger partial charge is 0.132 e. The number of benzene rings is 2. The average Bonchev–Trinajstić information content (AvgIpc) is 2.38. The SMILES string of the molecule is CC(C)(C)c1ccc(Oc2cc(Br)ccc2CBr)cc1. The molecule has 0 saturated carbocycles. The lowest BCUT2D eigenvalue weighted by Crippen LogP contribution is -2.10. The minimum atomic E-state index is 0.162. The van der Waals surface area contributed by atoms with E-state index in [2.05, 4.69) is 70.8 Å². The number of alkyl halides is 1. The van der Waals surface area contributed by atoms with Crippen molar-refractivity contribution in [2.24, 2.45) is 0 Å². The molecule has 0 radical (unpaired) electrons. The highest BCUT2D eigenvalue weighted by Gasteiger charge is 2.13. The Kier molecular flexibility index (Phi) is 4.92. The van der Waals surface area contributed by atoms with Crippen LogP contribution in [-0.2, 0) is 10.7 Å². The molecule has 0 atom stereocenters. The summed E-state index contributed by atoms with van der Waals surface area (Å²) >= 11 is 6.97. The van der Waals surface area contributed by atoms with Gasteiger partial charge in [0.2, 0.25) is 0 Å². The highest BCUT2D eigenvalue weighted by Crippen LogP contribution is 2.31. The predicted molar refractivity (Wildman–Crippen MR) is 92.0 cm³/mol. The number of halogens is 2. The lowest BCUT2D eigenvalue weighted by Gasteiger charge is -2.19. The van der Waals surface area contributed by atoms with Crippen molar-refractivity contribution >= 4 is 31.9 Å². The van der Waals surface area contributed by atoms with Crippen LogP contribution in [0.2, 0.25) is 0 Å². The van der Waals surface area contributed by atoms with Crippen molar-refractivity contribution in [1.29, 1.82) is 0 Å². The Balaban J connectivity index is 2.24. The average molecular weight is 398 g/mol. The molecule has 20 heavy (non-hydrogen) atoms. The molecule has 2 rings (SSSR count). The minimum absolute atomic E-state index is 0.162. The topological polar surface area (TPSA) is 9.23 Å². The van der Waals surface area contributed by atoms with Gasteiger partial charge < -0.3 is 4.74 Å². The molecule has 0 unspecified atom stereocenters. The minimum Gasteiger partial charge on any atom is -0.457 e. The number of hydrogen-bond donors (Lipinski definition) is 0. The Labute approximate surface area is 137 Å². The molecule has 0 saturated heterocycles. The maximum absolute atomic E-state index is 5.99. The first kappa shape index (κ1) is 15.6. The summed E-state index contributed by atoms with van der Waals surface area (Å²) in [5.74, 6) is 1.73. The molecule has 0 spiro atoms. The van der Waals surface area contributed by atoms with Crippen LogP contribution in [0.5, 0.6) is 11.5 Å². The normalized spacial score (nSPS) is 11.4. The summed E-state index contributed by atoms with van der Waals surface area (Å²) in [6.45, 7) is 6.63. The Morgan fingerprint density at radius 1 is 1.00 bits per heavy atom. The van der Waals surface area contributed by atoms with E-state index >= 15 is 0 Å². The van der Waals surface area contributed by atoms with Crippen LogP contribution in [0.1, 0.15) is 31.9 Å². The van der Waals surface area contributed by atoms with E-state index in [9.17, 15) is 0 Å². The van der Waals surface area contributed by atoms with Crippen molar-refractivity contribution in [2.45, 2.75) is 31.5 Å². The molecule has 2 aromatic rings. The van der Waals surface area contributed by atoms with E-state index in [1.54, 1.807) is 0 Å². The van der Waals surface area contributed by atoms with Crippen molar-refractivity contribution in [2.75, 3.05) is 0 Å². The van der Waals surface area contributed by atoms with Gasteiger partial charge in [0.05, 0.1) is 0 Å². The van der Waals surface area contributed by atoms with Gasteiger partial charge in [-0.15, -0.1) is 0 Å². The molecule has 0 heterocycles. The molecular formula is C17H18Br2O. The molecule has 3 heteroatoms. The van der Waals surface area contributed by atoms with E-state index < -0.39 is 0 Å². The van der Waals surface area contributed by atoms with Crippen LogP contribution < -0.4 is 4.74 Å². The molecule has 0 aliphatic heterocycles. The molecule has 2 aromatic carbocycles. The van der Waals surface area contributed by atoms with Gasteiger partial charge in [0, 0.05) is 15.4 Å². The number of hydrogen-bond acceptors (Lipinski definition) is 1. The molecular weight excluding hydrogens is 380 g/mol. The molecule has 0 bridgehead atoms. The van der Waals surface area contributed by atoms with Crippen molar-refractivity contribution in [3.63, 3.8) is 0 Å². The zero-order valence-corrected chi connectivity index (χ0v) is 15.1. The van der Waals surface area contributed by atoms with Crippen LogP contribution in [-0.4, -0.2) is 0 Å². The first-order valence-corrected chi connectivity index (χ1v) is 8.44. The first-order chi connectivity index (χ1) is 9.40. The van der Waals surface area contributed by atoms with Gasteiger partial charge in [-0.2, -0.15) is 0 Å². The number of rotatable bonds is 3. The summed E-state index contributed by atoms with van der Waals surface area (Å²) in [6, 6.07) is 14.4. The second-order valence-corrected chi connectivity index (χ2v) is 7.24. The monoisotopic (exact) mass is 396 g/mol. The van der Waals surface area contributed by atoms with Gasteiger partial charge in [-0.25, -0.2) is 0 Å². The third-order valence-electron chi connectivity index (χ3n) is 3.12. The van der Waals surface area contributed by atoms with Gasteiger partial charge in [-0.3, -0.25) is 0 Å². The predicted octanol–water partition coefficient (Wildman–Crippen LogP) is 6.43. The zero-order chi connectivity index (χ0) is 14.8. The third kappa shape index (κ3) is 3.86. The first-order valence-electron chi connectivity index (χ1n) is 6.53. The fourth-order valence-electron chi connectivity index (χ4n) is 1.88. The molecule has 0 aromatic heterocycles. The van der Waals surface area contributed by atoms with E-state index in [1.807, 2.05) is 24.3 Å². The van der Waals surface area contributed by atoms with Crippen molar-refractivity contribution in [1.82, 2.24) is 0 Å². The summed E-state index contributed by atoms with van der Waals surface area (Å²) in [4.78, 5) is 0. The van der Waals surface area contributed by atoms with Crippen LogP contribution in [0.15, 0.2) is 46.9 Å². The second kappa shape index (κ2) is 6.31. The molecule has 0 N–H and O–H groups in total. The van der Waals surface area contributed by atoms with E-state index in [1.165, 1.54) is 5.56 Å². The van der Waals surface area contributed by atoms with Crippen LogP contribution in [0, 0.1) is 0 Å². The lowest BCUT2D eigenvalue weighted by atomic mass is 9.87. The molecule has 0 amide bonds. The van der Waals surface area contributed by atoms with Gasteiger partial charge in [0.15, 0.2) is 0 Å². The van der Waals surface area contributed by atoms with Crippen LogP contribution in [0.3, 0.4) is 0 Å². The molecule has 0 aliphatic carbocycles. The van der Waals surface area contributed by atoms with Gasteiger partial charge in [0.25, 0.3) is 0 Å². The Morgan fingerprint density at radius 3 is 2.20 bits per heavy atom. The Morgan fingerprint density at radius 2 is 1.65 bits per heavy atom. The van der Waals surface area contributed by atoms with Crippen molar-refractivity contribution < 1.29 is 4.74 Å². The van der Waals surface area contributed by atoms with Crippen molar-refractivity contribution in [3.8, 4) is 11.5 Å². The van der Waals surface area contributed by atoms with E-state index in [-0.39, 0.29) is 5.41 Å². The highest BCUT2D eigenvalue weighted by molar-refractivity contribution is 9.10. The van der Waals surface area contributed by atoms with Crippen molar-refractivity contribution in [3.05, 3.63) is 58.1 Å². The maximum Gasteiger partial charge on any atom is 0.132 e. The fraction of sp³-hybridized carbons (Fsp3) is 0.294. The van der Waals surface area contributed by atoms with E-state index in [4.69, 9.17) is 4.74 Å². The summed E-state index contributed by atoms with van der Waals surface area (Å²) in [5.41, 5.74) is 2.60. The largest absolute Gasteiger partial charge is 0.457 e. The van der Waals surface area contributed by atoms with Crippen LogP contribution >= 0.6 is 31.9 Å². The molecule has 1 nitrogen and oxygen atoms in total. The second-order valence-electron chi connectivity index (χ2n) is 5.76. The van der Waals surface area contributed by atoms with Gasteiger partial charge >= 0.3 is 0 Å². The van der Waals surface area contributed by atoms with Gasteiger partial charge in [-0.05, 0) is 35.2 Å². The van der Waals surface area contributed by atoms with E-state index in [0.29, 0.717) is 0 Å². The lowest BCUT2D eigenvalue weighted by molar-refractivity contribution is 0.477. The molecule has 0 aliphatic rings. The molecule has 106 valence electrons. The number of ether oxygens (including phenoxy) is 1. The maximum atomic E-state index is 5.99. The summed E-state index contributed by atoms with van der Waals surface area (Å²) < 4.78 is 7.01. The van der Waals surface area contributed by atoms with Gasteiger partial charge in [-0.1, -0.05) is 70.8 Å². The molecule has 0 fully saturated rings. The standard InChI is InChI=1S/C17H18Br2O/c1-17(2,3)13-5-8-15(9-6-13)20-16-10-14(19)7-4-12(16)11-18/h4-10H,11H2,1-3H3. The van der Waals surface area contributed by atoms with Crippen LogP contribution in [0.25, 0.3) is 0 Å². The summed E-state index contributed by atoms with van der Waals surface area (Å²) in [7, 11) is 0. The van der Waals surface area contributed by atoms with Crippen LogP contribution in [0.4, 0.5) is 0 Å². The third-order valence-corrected chi connectivity index (χ3v) is 4.22. The summed E-state index contributed by atoms with van der Waals surface area (Å²) in [5, 5.41) is 0.774.